The quantitative estimate of drug-likeness (QED) is 0.615. The standard InChI is InChI=1S/C10H18O3S/c1-3-7-13-9(11)5-6-10(12)14-8-4-2/h3-8H2,1-2H3. The molecular weight excluding hydrogens is 200 g/mol. The molecule has 0 aliphatic heterocycles. The Bertz CT molecular complexity index is 160. The van der Waals surface area contributed by atoms with Crippen LogP contribution < -0.4 is 0 Å². The van der Waals surface area contributed by atoms with E-state index in [2.05, 4.69) is 0 Å². The van der Waals surface area contributed by atoms with Crippen molar-refractivity contribution in [2.45, 2.75) is 39.5 Å². The Morgan fingerprint density at radius 3 is 2.43 bits per heavy atom. The number of hydrogen-bond donors (Lipinski definition) is 0. The van der Waals surface area contributed by atoms with Crippen molar-refractivity contribution in [3.05, 3.63) is 0 Å². The molecule has 0 aromatic rings. The molecule has 82 valence electrons. The second kappa shape index (κ2) is 9.06. The third kappa shape index (κ3) is 8.10. The summed E-state index contributed by atoms with van der Waals surface area (Å²) in [6.45, 7) is 4.42. The normalized spacial score (nSPS) is 9.86. The van der Waals surface area contributed by atoms with Crippen LogP contribution in [0.4, 0.5) is 0 Å². The Morgan fingerprint density at radius 2 is 1.86 bits per heavy atom. The van der Waals surface area contributed by atoms with Crippen LogP contribution in [-0.4, -0.2) is 23.4 Å². The number of hydrogen-bond acceptors (Lipinski definition) is 4. The average molecular weight is 218 g/mol. The van der Waals surface area contributed by atoms with Gasteiger partial charge >= 0.3 is 5.97 Å². The van der Waals surface area contributed by atoms with Crippen LogP contribution in [0, 0.1) is 0 Å². The van der Waals surface area contributed by atoms with Crippen LogP contribution in [0.15, 0.2) is 0 Å². The Morgan fingerprint density at radius 1 is 1.14 bits per heavy atom. The topological polar surface area (TPSA) is 43.4 Å². The molecule has 0 unspecified atom stereocenters. The summed E-state index contributed by atoms with van der Waals surface area (Å²) in [6, 6.07) is 0. The van der Waals surface area contributed by atoms with Gasteiger partial charge in [0.25, 0.3) is 0 Å². The average Bonchev–Trinajstić information content (AvgIpc) is 2.20. The third-order valence-corrected chi connectivity index (χ3v) is 2.61. The van der Waals surface area contributed by atoms with E-state index in [1.165, 1.54) is 11.8 Å². The monoisotopic (exact) mass is 218 g/mol. The van der Waals surface area contributed by atoms with E-state index >= 15 is 0 Å². The van der Waals surface area contributed by atoms with Gasteiger partial charge in [-0.3, -0.25) is 9.59 Å². The maximum absolute atomic E-state index is 11.1. The minimum Gasteiger partial charge on any atom is -0.466 e. The summed E-state index contributed by atoms with van der Waals surface area (Å²) in [7, 11) is 0. The van der Waals surface area contributed by atoms with E-state index < -0.39 is 0 Å². The maximum atomic E-state index is 11.1. The van der Waals surface area contributed by atoms with Crippen molar-refractivity contribution in [1.82, 2.24) is 0 Å². The molecule has 0 fully saturated rings. The SMILES string of the molecule is CCCOC(=O)CCC(=O)SCCC. The molecule has 0 N–H and O–H groups in total. The van der Waals surface area contributed by atoms with Crippen LogP contribution >= 0.6 is 11.8 Å². The first kappa shape index (κ1) is 13.5. The molecule has 0 bridgehead atoms. The van der Waals surface area contributed by atoms with E-state index in [4.69, 9.17) is 4.74 Å². The fraction of sp³-hybridized carbons (Fsp3) is 0.800. The van der Waals surface area contributed by atoms with Gasteiger partial charge in [-0.1, -0.05) is 25.6 Å². The van der Waals surface area contributed by atoms with E-state index in [1.807, 2.05) is 13.8 Å². The number of thioether (sulfide) groups is 1. The summed E-state index contributed by atoms with van der Waals surface area (Å²) in [5.41, 5.74) is 0. The molecule has 0 aromatic carbocycles. The van der Waals surface area contributed by atoms with Crippen molar-refractivity contribution in [3.63, 3.8) is 0 Å². The third-order valence-electron chi connectivity index (χ3n) is 1.47. The minimum absolute atomic E-state index is 0.0836. The Hall–Kier alpha value is -0.510. The molecule has 0 aliphatic rings. The van der Waals surface area contributed by atoms with Crippen LogP contribution in [0.5, 0.6) is 0 Å². The lowest BCUT2D eigenvalue weighted by atomic mass is 10.3. The number of esters is 1. The predicted molar refractivity (Wildman–Crippen MR) is 58.2 cm³/mol. The predicted octanol–water partition coefficient (Wildman–Crippen LogP) is 2.39. The van der Waals surface area contributed by atoms with E-state index in [0.29, 0.717) is 13.0 Å². The lowest BCUT2D eigenvalue weighted by Gasteiger charge is -2.01. The zero-order chi connectivity index (χ0) is 10.8. The van der Waals surface area contributed by atoms with Gasteiger partial charge in [0.15, 0.2) is 5.12 Å². The van der Waals surface area contributed by atoms with Crippen LogP contribution in [0.2, 0.25) is 0 Å². The van der Waals surface area contributed by atoms with Gasteiger partial charge in [-0.05, 0) is 12.8 Å². The first-order valence-corrected chi connectivity index (χ1v) is 6.00. The van der Waals surface area contributed by atoms with Gasteiger partial charge in [0.2, 0.25) is 0 Å². The van der Waals surface area contributed by atoms with Crippen LogP contribution in [-0.2, 0) is 14.3 Å². The number of carbonyl (C=O) groups is 2. The second-order valence-corrected chi connectivity index (χ2v) is 4.09. The Balaban J connectivity index is 3.41. The van der Waals surface area contributed by atoms with Crippen LogP contribution in [0.25, 0.3) is 0 Å². The molecule has 0 atom stereocenters. The fourth-order valence-corrected chi connectivity index (χ4v) is 1.46. The minimum atomic E-state index is -0.266. The highest BCUT2D eigenvalue weighted by molar-refractivity contribution is 8.13. The summed E-state index contributed by atoms with van der Waals surface area (Å²) in [4.78, 5) is 22.1. The van der Waals surface area contributed by atoms with E-state index in [1.54, 1.807) is 0 Å². The molecule has 14 heavy (non-hydrogen) atoms. The molecule has 4 heteroatoms. The fourth-order valence-electron chi connectivity index (χ4n) is 0.780. The zero-order valence-corrected chi connectivity index (χ0v) is 9.69. The van der Waals surface area contributed by atoms with Gasteiger partial charge in [0.05, 0.1) is 13.0 Å². The molecule has 0 aromatic heterocycles. The molecule has 0 spiro atoms. The summed E-state index contributed by atoms with van der Waals surface area (Å²) in [5.74, 6) is 0.570. The van der Waals surface area contributed by atoms with Gasteiger partial charge < -0.3 is 4.74 Å². The molecule has 0 saturated carbocycles. The first-order chi connectivity index (χ1) is 6.70. The summed E-state index contributed by atoms with van der Waals surface area (Å²) in [6.07, 6.45) is 2.32. The van der Waals surface area contributed by atoms with Crippen molar-refractivity contribution in [3.8, 4) is 0 Å². The number of carbonyl (C=O) groups excluding carboxylic acids is 2. The second-order valence-electron chi connectivity index (χ2n) is 2.94. The highest BCUT2D eigenvalue weighted by atomic mass is 32.2. The van der Waals surface area contributed by atoms with E-state index in [9.17, 15) is 9.59 Å². The highest BCUT2D eigenvalue weighted by Gasteiger charge is 2.07. The maximum Gasteiger partial charge on any atom is 0.306 e. The Kier molecular flexibility index (Phi) is 8.73. The highest BCUT2D eigenvalue weighted by Crippen LogP contribution is 2.09. The van der Waals surface area contributed by atoms with Gasteiger partial charge in [-0.15, -0.1) is 0 Å². The molecule has 0 aliphatic carbocycles. The lowest BCUT2D eigenvalue weighted by Crippen LogP contribution is -2.07. The Labute approximate surface area is 89.6 Å². The van der Waals surface area contributed by atoms with Gasteiger partial charge in [0, 0.05) is 12.2 Å². The zero-order valence-electron chi connectivity index (χ0n) is 8.88. The molecule has 0 heterocycles. The first-order valence-electron chi connectivity index (χ1n) is 5.02. The summed E-state index contributed by atoms with van der Waals surface area (Å²) in [5, 5.41) is 0.0836. The molecule has 0 amide bonds. The molecular formula is C10H18O3S. The van der Waals surface area contributed by atoms with Crippen molar-refractivity contribution in [1.29, 1.82) is 0 Å². The van der Waals surface area contributed by atoms with Crippen molar-refractivity contribution in [2.75, 3.05) is 12.4 Å². The molecule has 0 radical (unpaired) electrons. The number of ether oxygens (including phenoxy) is 1. The molecule has 0 saturated heterocycles. The van der Waals surface area contributed by atoms with Crippen LogP contribution in [0.3, 0.4) is 0 Å². The van der Waals surface area contributed by atoms with Crippen molar-refractivity contribution < 1.29 is 14.3 Å². The smallest absolute Gasteiger partial charge is 0.306 e. The van der Waals surface area contributed by atoms with Gasteiger partial charge in [-0.25, -0.2) is 0 Å². The van der Waals surface area contributed by atoms with E-state index in [0.717, 1.165) is 18.6 Å². The number of rotatable bonds is 7. The van der Waals surface area contributed by atoms with Crippen molar-refractivity contribution in [2.24, 2.45) is 0 Å². The summed E-state index contributed by atoms with van der Waals surface area (Å²) >= 11 is 1.30. The van der Waals surface area contributed by atoms with E-state index in [-0.39, 0.29) is 17.5 Å². The molecule has 3 nitrogen and oxygen atoms in total. The molecule has 0 rings (SSSR count). The van der Waals surface area contributed by atoms with Gasteiger partial charge in [0.1, 0.15) is 0 Å². The lowest BCUT2D eigenvalue weighted by molar-refractivity contribution is -0.144. The summed E-state index contributed by atoms with van der Waals surface area (Å²) < 4.78 is 4.85. The van der Waals surface area contributed by atoms with Crippen LogP contribution in [0.1, 0.15) is 39.5 Å². The van der Waals surface area contributed by atoms with Crippen molar-refractivity contribution >= 4 is 22.8 Å². The van der Waals surface area contributed by atoms with Gasteiger partial charge in [-0.2, -0.15) is 0 Å². The largest absolute Gasteiger partial charge is 0.466 e.